The molecule has 0 unspecified atom stereocenters. The molecule has 0 bridgehead atoms. The minimum absolute atomic E-state index is 0. The average molecular weight is 434 g/mol. The van der Waals surface area contributed by atoms with E-state index in [1.54, 1.807) is 26.1 Å². The van der Waals surface area contributed by atoms with Gasteiger partial charge < -0.3 is 19.6 Å². The number of carbonyl (C=O) groups is 1. The van der Waals surface area contributed by atoms with E-state index >= 15 is 0 Å². The molecule has 3 aromatic rings. The Kier molecular flexibility index (Phi) is 6.63. The summed E-state index contributed by atoms with van der Waals surface area (Å²) in [7, 11) is 1.63. The highest BCUT2D eigenvalue weighted by Gasteiger charge is 2.24. The summed E-state index contributed by atoms with van der Waals surface area (Å²) < 4.78 is 18.9. The van der Waals surface area contributed by atoms with Gasteiger partial charge in [-0.1, -0.05) is 0 Å². The Morgan fingerprint density at radius 1 is 1.23 bits per heavy atom. The number of H-pyrrole nitrogens is 1. The van der Waals surface area contributed by atoms with Crippen LogP contribution in [0.4, 0.5) is 4.39 Å². The number of aromatic nitrogens is 1. The van der Waals surface area contributed by atoms with Crippen LogP contribution in [0.3, 0.4) is 0 Å². The minimum Gasteiger partial charge on any atom is -0.427 e. The molecule has 3 heterocycles. The maximum atomic E-state index is 13.4. The van der Waals surface area contributed by atoms with Gasteiger partial charge in [-0.2, -0.15) is 0 Å². The van der Waals surface area contributed by atoms with Crippen molar-refractivity contribution in [3.05, 3.63) is 69.2 Å². The number of nitrogens with zero attached hydrogens (tertiary/aromatic N) is 1. The smallest absolute Gasteiger partial charge is 0.349 e. The highest BCUT2D eigenvalue weighted by atomic mass is 35.5. The van der Waals surface area contributed by atoms with Crippen LogP contribution in [-0.4, -0.2) is 35.9 Å². The van der Waals surface area contributed by atoms with Crippen LogP contribution in [0, 0.1) is 12.7 Å². The number of aryl methyl sites for hydroxylation is 1. The molecule has 4 rings (SSSR count). The monoisotopic (exact) mass is 433 g/mol. The van der Waals surface area contributed by atoms with Crippen molar-refractivity contribution >= 4 is 29.2 Å². The predicted molar refractivity (Wildman–Crippen MR) is 116 cm³/mol. The zero-order valence-electron chi connectivity index (χ0n) is 17.0. The first-order chi connectivity index (χ1) is 13.9. The Morgan fingerprint density at radius 2 is 1.97 bits per heavy atom. The largest absolute Gasteiger partial charge is 0.427 e. The molecular formula is C22H25ClFN3O3. The van der Waals surface area contributed by atoms with Crippen LogP contribution in [0.1, 0.15) is 46.1 Å². The molecule has 2 aromatic heterocycles. The van der Waals surface area contributed by atoms with E-state index in [9.17, 15) is 14.0 Å². The molecule has 0 radical (unpaired) electrons. The number of hydrogen-bond acceptors (Lipinski definition) is 4. The summed E-state index contributed by atoms with van der Waals surface area (Å²) >= 11 is 0. The number of carbonyl (C=O) groups excluding carboxylic acids is 1. The van der Waals surface area contributed by atoms with Crippen molar-refractivity contribution in [2.45, 2.75) is 32.2 Å². The Labute approximate surface area is 179 Å². The Bertz CT molecular complexity index is 1120. The number of rotatable bonds is 4. The van der Waals surface area contributed by atoms with Crippen molar-refractivity contribution in [3.8, 4) is 0 Å². The van der Waals surface area contributed by atoms with Gasteiger partial charge in [0.25, 0.3) is 5.91 Å². The Hall–Kier alpha value is -2.64. The molecule has 1 amide bonds. The van der Waals surface area contributed by atoms with Crippen LogP contribution in [-0.2, 0) is 6.54 Å². The van der Waals surface area contributed by atoms with E-state index in [2.05, 4.69) is 10.3 Å². The first-order valence-corrected chi connectivity index (χ1v) is 9.80. The second kappa shape index (κ2) is 9.02. The molecule has 1 aromatic carbocycles. The molecule has 0 spiro atoms. The maximum absolute atomic E-state index is 13.4. The molecule has 2 N–H and O–H groups in total. The third-order valence-corrected chi connectivity index (χ3v) is 5.52. The molecular weight excluding hydrogens is 409 g/mol. The lowest BCUT2D eigenvalue weighted by Gasteiger charge is -2.22. The van der Waals surface area contributed by atoms with Gasteiger partial charge >= 0.3 is 5.63 Å². The summed E-state index contributed by atoms with van der Waals surface area (Å²) in [6, 6.07) is 8.11. The standard InChI is InChI=1S/C22H24FN3O3.ClH/c1-13-9-19(14-5-7-24-8-6-14)29-22(28)20(13)21(27)26(2)12-17-11-15-10-16(23)3-4-18(15)25-17;/h3-4,9-11,14,24-25H,5-8,12H2,1-2H3;1H. The molecule has 1 aliphatic rings. The normalized spacial score (nSPS) is 14.5. The van der Waals surface area contributed by atoms with Gasteiger partial charge in [-0.15, -0.1) is 12.4 Å². The third-order valence-electron chi connectivity index (χ3n) is 5.52. The topological polar surface area (TPSA) is 78.3 Å². The van der Waals surface area contributed by atoms with Crippen molar-refractivity contribution < 1.29 is 13.6 Å². The zero-order chi connectivity index (χ0) is 20.5. The molecule has 160 valence electrons. The van der Waals surface area contributed by atoms with E-state index in [-0.39, 0.29) is 36.3 Å². The molecule has 0 aliphatic carbocycles. The average Bonchev–Trinajstić information content (AvgIpc) is 3.09. The first kappa shape index (κ1) is 22.1. The first-order valence-electron chi connectivity index (χ1n) is 9.80. The van der Waals surface area contributed by atoms with Gasteiger partial charge in [0.05, 0.1) is 6.54 Å². The van der Waals surface area contributed by atoms with E-state index in [4.69, 9.17) is 4.42 Å². The lowest BCUT2D eigenvalue weighted by atomic mass is 9.94. The molecule has 0 saturated carbocycles. The molecule has 0 atom stereocenters. The van der Waals surface area contributed by atoms with Gasteiger partial charge in [0.15, 0.2) is 0 Å². The summed E-state index contributed by atoms with van der Waals surface area (Å²) in [5.74, 6) is 0.162. The lowest BCUT2D eigenvalue weighted by molar-refractivity contribution is 0.0777. The summed E-state index contributed by atoms with van der Waals surface area (Å²) in [6.45, 7) is 3.83. The van der Waals surface area contributed by atoms with Crippen LogP contribution in [0.5, 0.6) is 0 Å². The van der Waals surface area contributed by atoms with Crippen LogP contribution < -0.4 is 10.9 Å². The Morgan fingerprint density at radius 3 is 2.67 bits per heavy atom. The van der Waals surface area contributed by atoms with Crippen LogP contribution in [0.15, 0.2) is 39.5 Å². The van der Waals surface area contributed by atoms with E-state index < -0.39 is 11.5 Å². The van der Waals surface area contributed by atoms with E-state index in [0.29, 0.717) is 11.3 Å². The second-order valence-corrected chi connectivity index (χ2v) is 7.71. The summed E-state index contributed by atoms with van der Waals surface area (Å²) in [5, 5.41) is 4.03. The van der Waals surface area contributed by atoms with Gasteiger partial charge in [0.1, 0.15) is 17.1 Å². The van der Waals surface area contributed by atoms with Crippen LogP contribution >= 0.6 is 12.4 Å². The number of fused-ring (bicyclic) bond motifs is 1. The fourth-order valence-electron chi connectivity index (χ4n) is 3.96. The van der Waals surface area contributed by atoms with Gasteiger partial charge in [0, 0.05) is 29.6 Å². The van der Waals surface area contributed by atoms with Crippen molar-refractivity contribution in [3.63, 3.8) is 0 Å². The number of halogens is 2. The molecule has 8 heteroatoms. The third kappa shape index (κ3) is 4.42. The molecule has 30 heavy (non-hydrogen) atoms. The van der Waals surface area contributed by atoms with E-state index in [1.165, 1.54) is 17.0 Å². The van der Waals surface area contributed by atoms with Gasteiger partial charge in [-0.25, -0.2) is 9.18 Å². The van der Waals surface area contributed by atoms with Crippen LogP contribution in [0.2, 0.25) is 0 Å². The van der Waals surface area contributed by atoms with Gasteiger partial charge in [-0.05, 0) is 68.8 Å². The number of amides is 1. The van der Waals surface area contributed by atoms with Crippen molar-refractivity contribution in [1.82, 2.24) is 15.2 Å². The lowest BCUT2D eigenvalue weighted by Crippen LogP contribution is -2.32. The summed E-state index contributed by atoms with van der Waals surface area (Å²) in [4.78, 5) is 30.2. The van der Waals surface area contributed by atoms with Gasteiger partial charge in [0.2, 0.25) is 0 Å². The number of piperidine rings is 1. The van der Waals surface area contributed by atoms with E-state index in [0.717, 1.165) is 42.5 Å². The number of aromatic amines is 1. The van der Waals surface area contributed by atoms with Crippen LogP contribution in [0.25, 0.3) is 10.9 Å². The number of hydrogen-bond donors (Lipinski definition) is 2. The fourth-order valence-corrected chi connectivity index (χ4v) is 3.96. The highest BCUT2D eigenvalue weighted by Crippen LogP contribution is 2.26. The second-order valence-electron chi connectivity index (χ2n) is 7.71. The predicted octanol–water partition coefficient (Wildman–Crippen LogP) is 3.73. The Balaban J connectivity index is 0.00000256. The number of benzene rings is 1. The highest BCUT2D eigenvalue weighted by molar-refractivity contribution is 5.95. The minimum atomic E-state index is -0.589. The van der Waals surface area contributed by atoms with Gasteiger partial charge in [-0.3, -0.25) is 4.79 Å². The molecule has 1 aliphatic heterocycles. The van der Waals surface area contributed by atoms with Crippen molar-refractivity contribution in [1.29, 1.82) is 0 Å². The summed E-state index contributed by atoms with van der Waals surface area (Å²) in [5.41, 5.74) is 1.66. The molecule has 6 nitrogen and oxygen atoms in total. The SMILES string of the molecule is Cc1cc(C2CCNCC2)oc(=O)c1C(=O)N(C)Cc1cc2cc(F)ccc2[nH]1.Cl. The van der Waals surface area contributed by atoms with Crippen molar-refractivity contribution in [2.24, 2.45) is 0 Å². The number of nitrogens with one attached hydrogen (secondary N) is 2. The van der Waals surface area contributed by atoms with E-state index in [1.807, 2.05) is 6.07 Å². The maximum Gasteiger partial charge on any atom is 0.349 e. The zero-order valence-corrected chi connectivity index (χ0v) is 17.8. The summed E-state index contributed by atoms with van der Waals surface area (Å²) in [6.07, 6.45) is 1.83. The molecule has 1 saturated heterocycles. The fraction of sp³-hybridized carbons (Fsp3) is 0.364. The van der Waals surface area contributed by atoms with Crippen molar-refractivity contribution in [2.75, 3.05) is 20.1 Å². The molecule has 1 fully saturated rings. The quantitative estimate of drug-likeness (QED) is 0.657.